The van der Waals surface area contributed by atoms with Crippen LogP contribution in [0.2, 0.25) is 0 Å². The molecule has 4 nitrogen and oxygen atoms in total. The molecule has 1 N–H and O–H groups in total. The SMILES string of the molecule is O=C(CSC1=Nc2cccc3cccc(c23)N1)N1CCC(Cc2ccccc2)CC1. The third kappa shape index (κ3) is 4.08. The van der Waals surface area contributed by atoms with Crippen molar-refractivity contribution in [2.75, 3.05) is 24.2 Å². The minimum absolute atomic E-state index is 0.208. The Labute approximate surface area is 181 Å². The molecule has 5 rings (SSSR count). The Hall–Kier alpha value is -2.79. The predicted octanol–water partition coefficient (Wildman–Crippen LogP) is 5.47. The van der Waals surface area contributed by atoms with Gasteiger partial charge in [-0.1, -0.05) is 66.4 Å². The number of thioether (sulfide) groups is 1. The van der Waals surface area contributed by atoms with E-state index < -0.39 is 0 Å². The molecule has 1 saturated heterocycles. The molecule has 0 atom stereocenters. The van der Waals surface area contributed by atoms with Gasteiger partial charge < -0.3 is 10.2 Å². The molecule has 0 unspecified atom stereocenters. The monoisotopic (exact) mass is 415 g/mol. The molecule has 1 fully saturated rings. The summed E-state index contributed by atoms with van der Waals surface area (Å²) < 4.78 is 0. The van der Waals surface area contributed by atoms with E-state index in [0.29, 0.717) is 11.7 Å². The van der Waals surface area contributed by atoms with E-state index in [2.05, 4.69) is 53.8 Å². The van der Waals surface area contributed by atoms with Gasteiger partial charge in [-0.05, 0) is 48.3 Å². The van der Waals surface area contributed by atoms with E-state index in [9.17, 15) is 4.79 Å². The zero-order valence-corrected chi connectivity index (χ0v) is 17.7. The minimum Gasteiger partial charge on any atom is -0.342 e. The Morgan fingerprint density at radius 3 is 2.57 bits per heavy atom. The van der Waals surface area contributed by atoms with Crippen LogP contribution in [0.1, 0.15) is 18.4 Å². The first kappa shape index (κ1) is 19.2. The number of nitrogens with zero attached hydrogens (tertiary/aromatic N) is 2. The topological polar surface area (TPSA) is 44.7 Å². The van der Waals surface area contributed by atoms with Crippen LogP contribution in [0.15, 0.2) is 71.7 Å². The van der Waals surface area contributed by atoms with Crippen molar-refractivity contribution in [3.05, 3.63) is 72.3 Å². The van der Waals surface area contributed by atoms with Crippen LogP contribution in [-0.4, -0.2) is 34.8 Å². The summed E-state index contributed by atoms with van der Waals surface area (Å²) in [5, 5.41) is 6.53. The van der Waals surface area contributed by atoms with E-state index in [1.165, 1.54) is 22.7 Å². The van der Waals surface area contributed by atoms with Gasteiger partial charge in [0, 0.05) is 18.5 Å². The quantitative estimate of drug-likeness (QED) is 0.615. The number of nitrogens with one attached hydrogen (secondary N) is 1. The van der Waals surface area contributed by atoms with Crippen molar-refractivity contribution < 1.29 is 4.79 Å². The number of anilines is 1. The summed E-state index contributed by atoms with van der Waals surface area (Å²) in [5.41, 5.74) is 3.43. The van der Waals surface area contributed by atoms with Crippen molar-refractivity contribution in [2.24, 2.45) is 10.9 Å². The molecule has 0 aliphatic carbocycles. The lowest BCUT2D eigenvalue weighted by Crippen LogP contribution is -2.40. The van der Waals surface area contributed by atoms with Gasteiger partial charge in [-0.3, -0.25) is 4.79 Å². The van der Waals surface area contributed by atoms with Gasteiger partial charge in [0.05, 0.1) is 17.1 Å². The van der Waals surface area contributed by atoms with Crippen molar-refractivity contribution in [3.8, 4) is 0 Å². The normalized spacial score (nSPS) is 16.3. The highest BCUT2D eigenvalue weighted by Gasteiger charge is 2.24. The first-order valence-corrected chi connectivity index (χ1v) is 11.6. The van der Waals surface area contributed by atoms with Crippen molar-refractivity contribution in [2.45, 2.75) is 19.3 Å². The van der Waals surface area contributed by atoms with Gasteiger partial charge in [0.25, 0.3) is 0 Å². The van der Waals surface area contributed by atoms with E-state index in [-0.39, 0.29) is 5.91 Å². The van der Waals surface area contributed by atoms with Crippen molar-refractivity contribution in [1.29, 1.82) is 0 Å². The number of rotatable bonds is 4. The molecule has 152 valence electrons. The summed E-state index contributed by atoms with van der Waals surface area (Å²) in [6.07, 6.45) is 3.28. The van der Waals surface area contributed by atoms with Gasteiger partial charge in [0.15, 0.2) is 5.17 Å². The summed E-state index contributed by atoms with van der Waals surface area (Å²) in [7, 11) is 0. The zero-order valence-electron chi connectivity index (χ0n) is 16.9. The molecule has 0 saturated carbocycles. The molecule has 0 radical (unpaired) electrons. The molecular weight excluding hydrogens is 390 g/mol. The molecule has 0 bridgehead atoms. The highest BCUT2D eigenvalue weighted by molar-refractivity contribution is 8.14. The Morgan fingerprint density at radius 2 is 1.77 bits per heavy atom. The number of likely N-dealkylation sites (tertiary alicyclic amines) is 1. The largest absolute Gasteiger partial charge is 0.342 e. The fourth-order valence-corrected chi connectivity index (χ4v) is 5.18. The van der Waals surface area contributed by atoms with Gasteiger partial charge in [-0.2, -0.15) is 0 Å². The third-order valence-electron chi connectivity index (χ3n) is 6.01. The van der Waals surface area contributed by atoms with E-state index in [1.807, 2.05) is 23.1 Å². The maximum absolute atomic E-state index is 12.8. The summed E-state index contributed by atoms with van der Waals surface area (Å²) in [6.45, 7) is 1.72. The molecule has 0 spiro atoms. The third-order valence-corrected chi connectivity index (χ3v) is 6.87. The number of hydrogen-bond donors (Lipinski definition) is 1. The standard InChI is InChI=1S/C25H25N3OS/c29-23(28-14-12-19(13-15-28)16-18-6-2-1-3-7-18)17-30-25-26-21-10-4-8-20-9-5-11-22(27-25)24(20)21/h1-11,19H,12-17H2,(H,26,27). The molecule has 3 aromatic rings. The lowest BCUT2D eigenvalue weighted by molar-refractivity contribution is -0.129. The fraction of sp³-hybridized carbons (Fsp3) is 0.280. The van der Waals surface area contributed by atoms with Crippen LogP contribution in [0.4, 0.5) is 11.4 Å². The van der Waals surface area contributed by atoms with Crippen LogP contribution in [0, 0.1) is 5.92 Å². The summed E-state index contributed by atoms with van der Waals surface area (Å²) in [4.78, 5) is 19.5. The Morgan fingerprint density at radius 1 is 1.00 bits per heavy atom. The Kier molecular flexibility index (Phi) is 5.45. The van der Waals surface area contributed by atoms with Gasteiger partial charge in [-0.15, -0.1) is 0 Å². The second kappa shape index (κ2) is 8.52. The van der Waals surface area contributed by atoms with Crippen molar-refractivity contribution in [3.63, 3.8) is 0 Å². The second-order valence-electron chi connectivity index (χ2n) is 8.03. The molecule has 5 heteroatoms. The first-order valence-electron chi connectivity index (χ1n) is 10.6. The van der Waals surface area contributed by atoms with Crippen molar-refractivity contribution in [1.82, 2.24) is 4.90 Å². The van der Waals surface area contributed by atoms with Crippen LogP contribution in [0.3, 0.4) is 0 Å². The van der Waals surface area contributed by atoms with Crippen LogP contribution < -0.4 is 5.32 Å². The van der Waals surface area contributed by atoms with E-state index in [0.717, 1.165) is 54.3 Å². The number of carbonyl (C=O) groups is 1. The number of piperidine rings is 1. The second-order valence-corrected chi connectivity index (χ2v) is 8.99. The smallest absolute Gasteiger partial charge is 0.233 e. The average molecular weight is 416 g/mol. The molecule has 30 heavy (non-hydrogen) atoms. The molecule has 2 aliphatic heterocycles. The van der Waals surface area contributed by atoms with E-state index >= 15 is 0 Å². The average Bonchev–Trinajstić information content (AvgIpc) is 2.79. The minimum atomic E-state index is 0.208. The summed E-state index contributed by atoms with van der Waals surface area (Å²) in [6, 6.07) is 23.1. The Bertz CT molecular complexity index is 1080. The molecule has 3 aromatic carbocycles. The molecule has 2 heterocycles. The summed E-state index contributed by atoms with van der Waals surface area (Å²) in [5.74, 6) is 1.30. The highest BCUT2D eigenvalue weighted by Crippen LogP contribution is 2.37. The zero-order chi connectivity index (χ0) is 20.3. The van der Waals surface area contributed by atoms with Gasteiger partial charge in [0.2, 0.25) is 5.91 Å². The molecule has 1 amide bonds. The molecule has 2 aliphatic rings. The van der Waals surface area contributed by atoms with Crippen molar-refractivity contribution >= 4 is 45.0 Å². The van der Waals surface area contributed by atoms with E-state index in [4.69, 9.17) is 4.99 Å². The van der Waals surface area contributed by atoms with Gasteiger partial charge in [0.1, 0.15) is 0 Å². The van der Waals surface area contributed by atoms with Crippen LogP contribution in [0.25, 0.3) is 10.8 Å². The molecular formula is C25H25N3OS. The molecule has 0 aromatic heterocycles. The van der Waals surface area contributed by atoms with Crippen LogP contribution in [-0.2, 0) is 11.2 Å². The highest BCUT2D eigenvalue weighted by atomic mass is 32.2. The number of hydrogen-bond acceptors (Lipinski definition) is 4. The number of benzene rings is 3. The number of carbonyl (C=O) groups excluding carboxylic acids is 1. The van der Waals surface area contributed by atoms with E-state index in [1.54, 1.807) is 0 Å². The van der Waals surface area contributed by atoms with Crippen LogP contribution >= 0.6 is 11.8 Å². The van der Waals surface area contributed by atoms with Gasteiger partial charge >= 0.3 is 0 Å². The van der Waals surface area contributed by atoms with Crippen LogP contribution in [0.5, 0.6) is 0 Å². The predicted molar refractivity (Wildman–Crippen MR) is 127 cm³/mol. The number of amidine groups is 1. The lowest BCUT2D eigenvalue weighted by atomic mass is 9.90. The maximum Gasteiger partial charge on any atom is 0.233 e. The number of aliphatic imine (C=N–C) groups is 1. The van der Waals surface area contributed by atoms with Gasteiger partial charge in [-0.25, -0.2) is 4.99 Å². The lowest BCUT2D eigenvalue weighted by Gasteiger charge is -2.32. The summed E-state index contributed by atoms with van der Waals surface area (Å²) >= 11 is 1.50. The Balaban J connectivity index is 1.16. The first-order chi connectivity index (χ1) is 14.8. The fourth-order valence-electron chi connectivity index (χ4n) is 4.39. The maximum atomic E-state index is 12.8. The number of amides is 1.